The molecule has 0 atom stereocenters. The van der Waals surface area contributed by atoms with E-state index in [9.17, 15) is 4.79 Å². The van der Waals surface area contributed by atoms with Crippen LogP contribution in [-0.4, -0.2) is 25.1 Å². The van der Waals surface area contributed by atoms with E-state index in [2.05, 4.69) is 4.98 Å². The molecule has 0 saturated heterocycles. The van der Waals surface area contributed by atoms with Crippen molar-refractivity contribution >= 4 is 17.3 Å². The van der Waals surface area contributed by atoms with Crippen molar-refractivity contribution in [2.75, 3.05) is 24.8 Å². The number of carbonyl (C=O) groups excluding carboxylic acids is 1. The van der Waals surface area contributed by atoms with Crippen LogP contribution in [0.4, 0.5) is 11.4 Å². The average Bonchev–Trinajstić information content (AvgIpc) is 2.47. The molecule has 0 saturated carbocycles. The Labute approximate surface area is 118 Å². The van der Waals surface area contributed by atoms with Crippen LogP contribution in [0.2, 0.25) is 0 Å². The number of benzene rings is 1. The van der Waals surface area contributed by atoms with Gasteiger partial charge in [-0.2, -0.15) is 0 Å². The van der Waals surface area contributed by atoms with Crippen LogP contribution >= 0.6 is 0 Å². The van der Waals surface area contributed by atoms with Gasteiger partial charge in [-0.05, 0) is 35.9 Å². The van der Waals surface area contributed by atoms with E-state index in [1.807, 2.05) is 30.1 Å². The van der Waals surface area contributed by atoms with Gasteiger partial charge in [0.05, 0.1) is 18.4 Å². The predicted octanol–water partition coefficient (Wildman–Crippen LogP) is 2.09. The minimum atomic E-state index is -0.395. The number of esters is 1. The molecule has 2 aromatic rings. The minimum absolute atomic E-state index is 0.395. The Hall–Kier alpha value is -2.56. The number of methoxy groups -OCH3 is 1. The summed E-state index contributed by atoms with van der Waals surface area (Å²) in [6.45, 7) is 0.663. The van der Waals surface area contributed by atoms with Gasteiger partial charge in [-0.15, -0.1) is 0 Å². The molecular weight excluding hydrogens is 254 g/mol. The Morgan fingerprint density at radius 1 is 1.30 bits per heavy atom. The number of carbonyl (C=O) groups is 1. The Morgan fingerprint density at radius 2 is 2.00 bits per heavy atom. The van der Waals surface area contributed by atoms with Crippen molar-refractivity contribution in [2.24, 2.45) is 0 Å². The van der Waals surface area contributed by atoms with Gasteiger partial charge in [0.1, 0.15) is 0 Å². The summed E-state index contributed by atoms with van der Waals surface area (Å²) < 4.78 is 4.80. The van der Waals surface area contributed by atoms with Crippen molar-refractivity contribution in [3.05, 3.63) is 53.9 Å². The second-order valence-corrected chi connectivity index (χ2v) is 4.48. The van der Waals surface area contributed by atoms with Crippen LogP contribution < -0.4 is 10.6 Å². The van der Waals surface area contributed by atoms with Gasteiger partial charge in [0.2, 0.25) is 0 Å². The van der Waals surface area contributed by atoms with Crippen molar-refractivity contribution < 1.29 is 9.53 Å². The lowest BCUT2D eigenvalue weighted by molar-refractivity contribution is 0.0601. The van der Waals surface area contributed by atoms with Gasteiger partial charge >= 0.3 is 5.97 Å². The lowest BCUT2D eigenvalue weighted by atomic mass is 10.1. The first kappa shape index (κ1) is 13.9. The smallest absolute Gasteiger partial charge is 0.340 e. The molecule has 2 rings (SSSR count). The first-order chi connectivity index (χ1) is 9.61. The van der Waals surface area contributed by atoms with Gasteiger partial charge in [-0.1, -0.05) is 0 Å². The maximum atomic E-state index is 11.8. The second-order valence-electron chi connectivity index (χ2n) is 4.48. The number of anilines is 2. The molecule has 0 unspecified atom stereocenters. The number of nitrogens with two attached hydrogens (primary N) is 1. The van der Waals surface area contributed by atoms with Crippen LogP contribution in [0.3, 0.4) is 0 Å². The van der Waals surface area contributed by atoms with Crippen molar-refractivity contribution in [1.82, 2.24) is 4.98 Å². The highest BCUT2D eigenvalue weighted by Crippen LogP contribution is 2.24. The molecule has 0 aliphatic heterocycles. The van der Waals surface area contributed by atoms with Crippen LogP contribution in [0.1, 0.15) is 15.9 Å². The maximum absolute atomic E-state index is 11.8. The van der Waals surface area contributed by atoms with E-state index < -0.39 is 5.97 Å². The topological polar surface area (TPSA) is 68.5 Å². The monoisotopic (exact) mass is 271 g/mol. The number of pyridine rings is 1. The maximum Gasteiger partial charge on any atom is 0.340 e. The van der Waals surface area contributed by atoms with E-state index in [1.54, 1.807) is 24.5 Å². The van der Waals surface area contributed by atoms with Crippen molar-refractivity contribution in [1.29, 1.82) is 0 Å². The summed E-state index contributed by atoms with van der Waals surface area (Å²) >= 11 is 0. The zero-order chi connectivity index (χ0) is 14.5. The molecule has 5 nitrogen and oxygen atoms in total. The van der Waals surface area contributed by atoms with Crippen LogP contribution in [0.15, 0.2) is 42.7 Å². The highest BCUT2D eigenvalue weighted by molar-refractivity contribution is 5.96. The summed E-state index contributed by atoms with van der Waals surface area (Å²) in [5.41, 5.74) is 8.62. The fourth-order valence-corrected chi connectivity index (χ4v) is 2.01. The molecule has 0 fully saturated rings. The van der Waals surface area contributed by atoms with Crippen LogP contribution in [-0.2, 0) is 11.3 Å². The standard InChI is InChI=1S/C15H17N3O2/c1-18(10-11-5-7-17-8-6-11)14-4-3-12(16)9-13(14)15(19)20-2/h3-9H,10,16H2,1-2H3. The van der Waals surface area contributed by atoms with E-state index in [0.29, 0.717) is 17.8 Å². The molecule has 0 aliphatic carbocycles. The van der Waals surface area contributed by atoms with E-state index in [0.717, 1.165) is 11.3 Å². The highest BCUT2D eigenvalue weighted by atomic mass is 16.5. The number of hydrogen-bond donors (Lipinski definition) is 1. The minimum Gasteiger partial charge on any atom is -0.465 e. The lowest BCUT2D eigenvalue weighted by Gasteiger charge is -2.22. The first-order valence-electron chi connectivity index (χ1n) is 6.19. The molecule has 0 radical (unpaired) electrons. The molecular formula is C15H17N3O2. The van der Waals surface area contributed by atoms with Gasteiger partial charge in [-0.3, -0.25) is 4.98 Å². The zero-order valence-electron chi connectivity index (χ0n) is 11.5. The van der Waals surface area contributed by atoms with Gasteiger partial charge < -0.3 is 15.4 Å². The quantitative estimate of drug-likeness (QED) is 0.681. The number of nitrogens with zero attached hydrogens (tertiary/aromatic N) is 2. The SMILES string of the molecule is COC(=O)c1cc(N)ccc1N(C)Cc1ccncc1. The van der Waals surface area contributed by atoms with Gasteiger partial charge in [0, 0.05) is 31.7 Å². The summed E-state index contributed by atoms with van der Waals surface area (Å²) in [4.78, 5) is 17.8. The molecule has 0 amide bonds. The highest BCUT2D eigenvalue weighted by Gasteiger charge is 2.15. The third kappa shape index (κ3) is 3.06. The van der Waals surface area contributed by atoms with E-state index in [-0.39, 0.29) is 0 Å². The lowest BCUT2D eigenvalue weighted by Crippen LogP contribution is -2.20. The molecule has 1 aromatic carbocycles. The molecule has 20 heavy (non-hydrogen) atoms. The number of hydrogen-bond acceptors (Lipinski definition) is 5. The molecule has 2 N–H and O–H groups in total. The van der Waals surface area contributed by atoms with E-state index in [1.165, 1.54) is 7.11 Å². The fraction of sp³-hybridized carbons (Fsp3) is 0.200. The zero-order valence-corrected chi connectivity index (χ0v) is 11.5. The number of ether oxygens (including phenoxy) is 1. The summed E-state index contributed by atoms with van der Waals surface area (Å²) in [7, 11) is 3.27. The average molecular weight is 271 g/mol. The summed E-state index contributed by atoms with van der Waals surface area (Å²) in [6, 6.07) is 9.09. The summed E-state index contributed by atoms with van der Waals surface area (Å²) in [5, 5.41) is 0. The third-order valence-electron chi connectivity index (χ3n) is 3.01. The Morgan fingerprint density at radius 3 is 2.65 bits per heavy atom. The van der Waals surface area contributed by atoms with Crippen molar-refractivity contribution in [3.63, 3.8) is 0 Å². The Balaban J connectivity index is 2.29. The van der Waals surface area contributed by atoms with Gasteiger partial charge in [-0.25, -0.2) is 4.79 Å². The van der Waals surface area contributed by atoms with E-state index in [4.69, 9.17) is 10.5 Å². The molecule has 5 heteroatoms. The molecule has 1 heterocycles. The Kier molecular flexibility index (Phi) is 4.20. The van der Waals surface area contributed by atoms with Crippen molar-refractivity contribution in [2.45, 2.75) is 6.54 Å². The number of aromatic nitrogens is 1. The summed E-state index contributed by atoms with van der Waals surface area (Å²) in [5.74, 6) is -0.395. The predicted molar refractivity (Wildman–Crippen MR) is 78.5 cm³/mol. The van der Waals surface area contributed by atoms with Gasteiger partial charge in [0.25, 0.3) is 0 Å². The second kappa shape index (κ2) is 6.06. The van der Waals surface area contributed by atoms with Crippen molar-refractivity contribution in [3.8, 4) is 0 Å². The largest absolute Gasteiger partial charge is 0.465 e. The molecule has 0 bridgehead atoms. The van der Waals surface area contributed by atoms with E-state index >= 15 is 0 Å². The van der Waals surface area contributed by atoms with Gasteiger partial charge in [0.15, 0.2) is 0 Å². The molecule has 1 aromatic heterocycles. The third-order valence-corrected chi connectivity index (χ3v) is 3.01. The Bertz CT molecular complexity index is 599. The number of nitrogen functional groups attached to an aromatic ring is 1. The van der Waals surface area contributed by atoms with Crippen LogP contribution in [0, 0.1) is 0 Å². The molecule has 0 aliphatic rings. The summed E-state index contributed by atoms with van der Waals surface area (Å²) in [6.07, 6.45) is 3.49. The number of rotatable bonds is 4. The van der Waals surface area contributed by atoms with Crippen LogP contribution in [0.5, 0.6) is 0 Å². The molecule has 0 spiro atoms. The van der Waals surface area contributed by atoms with Crippen LogP contribution in [0.25, 0.3) is 0 Å². The first-order valence-corrected chi connectivity index (χ1v) is 6.19. The normalized spacial score (nSPS) is 10.1. The fourth-order valence-electron chi connectivity index (χ4n) is 2.01. The molecule has 104 valence electrons.